The minimum Gasteiger partial charge on any atom is -0.481 e. The molecule has 0 amide bonds. The Labute approximate surface area is 173 Å². The van der Waals surface area contributed by atoms with E-state index >= 15 is 0 Å². The molecule has 5 heteroatoms. The van der Waals surface area contributed by atoms with E-state index in [1.54, 1.807) is 0 Å². The molecule has 2 fully saturated rings. The fourth-order valence-electron chi connectivity index (χ4n) is 4.04. The summed E-state index contributed by atoms with van der Waals surface area (Å²) < 4.78 is 0. The van der Waals surface area contributed by atoms with Crippen LogP contribution in [-0.4, -0.2) is 22.2 Å². The number of carboxylic acid groups (broad SMARTS) is 2. The fourth-order valence-corrected chi connectivity index (χ4v) is 4.04. The first kappa shape index (κ1) is 24.9. The quantitative estimate of drug-likeness (QED) is 0.391. The van der Waals surface area contributed by atoms with Crippen LogP contribution in [-0.2, 0) is 37.3 Å². The molecule has 0 aliphatic heterocycles. The van der Waals surface area contributed by atoms with Crippen molar-refractivity contribution in [2.75, 3.05) is 0 Å². The van der Waals surface area contributed by atoms with Gasteiger partial charge in [0, 0.05) is 40.5 Å². The topological polar surface area (TPSA) is 74.6 Å². The monoisotopic (exact) mass is 542 g/mol. The number of carbonyl (C=O) groups is 2. The minimum absolute atomic E-state index is 0. The van der Waals surface area contributed by atoms with Gasteiger partial charge in [-0.05, 0) is 37.5 Å². The zero-order chi connectivity index (χ0) is 17.6. The van der Waals surface area contributed by atoms with Crippen molar-refractivity contribution in [3.05, 3.63) is 0 Å². The van der Waals surface area contributed by atoms with Gasteiger partial charge in [-0.2, -0.15) is 0 Å². The fraction of sp³-hybridized carbons (Fsp3) is 0.900. The molecule has 2 N–H and O–H groups in total. The van der Waals surface area contributed by atoms with Gasteiger partial charge in [-0.25, -0.2) is 0 Å². The molecule has 0 aromatic heterocycles. The summed E-state index contributed by atoms with van der Waals surface area (Å²) in [6, 6.07) is 0. The first-order valence-electron chi connectivity index (χ1n) is 10.0. The minimum atomic E-state index is -0.647. The van der Waals surface area contributed by atoms with E-state index in [9.17, 15) is 9.59 Å². The Morgan fingerprint density at radius 2 is 0.960 bits per heavy atom. The molecule has 2 saturated carbocycles. The second kappa shape index (κ2) is 16.1. The maximum Gasteiger partial charge on any atom is 0.303 e. The predicted molar refractivity (Wildman–Crippen MR) is 96.1 cm³/mol. The molecule has 0 saturated heterocycles. The van der Waals surface area contributed by atoms with Gasteiger partial charge in [0.15, 0.2) is 0 Å². The molecule has 4 nitrogen and oxygen atoms in total. The second-order valence-electron chi connectivity index (χ2n) is 7.58. The Hall–Kier alpha value is -0.125. The van der Waals surface area contributed by atoms with Crippen LogP contribution in [0.5, 0.6) is 0 Å². The Morgan fingerprint density at radius 3 is 1.24 bits per heavy atom. The van der Waals surface area contributed by atoms with Crippen LogP contribution in [0.4, 0.5) is 0 Å². The number of hydrogen-bond acceptors (Lipinski definition) is 2. The summed E-state index contributed by atoms with van der Waals surface area (Å²) in [5.74, 6) is 0.368. The molecule has 0 radical (unpaired) electrons. The van der Waals surface area contributed by atoms with Crippen molar-refractivity contribution >= 4 is 11.9 Å². The molecule has 2 aliphatic rings. The van der Waals surface area contributed by atoms with Gasteiger partial charge >= 0.3 is 11.9 Å². The van der Waals surface area contributed by atoms with E-state index in [2.05, 4.69) is 0 Å². The molecule has 142 valence electrons. The summed E-state index contributed by atoms with van der Waals surface area (Å²) in [6.45, 7) is 0. The maximum atomic E-state index is 10.2. The van der Waals surface area contributed by atoms with Gasteiger partial charge in [0.05, 0.1) is 0 Å². The van der Waals surface area contributed by atoms with Gasteiger partial charge in [0.2, 0.25) is 0 Å². The van der Waals surface area contributed by atoms with Gasteiger partial charge in [-0.3, -0.25) is 9.59 Å². The number of aliphatic carboxylic acids is 2. The van der Waals surface area contributed by atoms with E-state index in [1.807, 2.05) is 0 Å². The molecule has 0 unspecified atom stereocenters. The van der Waals surface area contributed by atoms with Crippen LogP contribution in [0.3, 0.4) is 0 Å². The average molecular weight is 541 g/mol. The summed E-state index contributed by atoms with van der Waals surface area (Å²) in [7, 11) is 0. The van der Waals surface area contributed by atoms with Crippen LogP contribution in [0.1, 0.15) is 103 Å². The Bertz CT molecular complexity index is 314. The van der Waals surface area contributed by atoms with Crippen molar-refractivity contribution in [2.45, 2.75) is 103 Å². The van der Waals surface area contributed by atoms with E-state index in [1.165, 1.54) is 64.2 Å². The van der Waals surface area contributed by atoms with E-state index in [0.29, 0.717) is 12.8 Å². The molecule has 0 aromatic carbocycles. The molecule has 0 heterocycles. The molecule has 0 bridgehead atoms. The second-order valence-corrected chi connectivity index (χ2v) is 7.58. The summed E-state index contributed by atoms with van der Waals surface area (Å²) in [5, 5.41) is 16.9. The van der Waals surface area contributed by atoms with E-state index < -0.39 is 11.9 Å². The third-order valence-corrected chi connectivity index (χ3v) is 5.46. The van der Waals surface area contributed by atoms with Crippen LogP contribution in [0, 0.1) is 11.8 Å². The maximum absolute atomic E-state index is 10.2. The van der Waals surface area contributed by atoms with Crippen LogP contribution < -0.4 is 0 Å². The van der Waals surface area contributed by atoms with E-state index in [-0.39, 0.29) is 27.7 Å². The van der Waals surface area contributed by atoms with Crippen LogP contribution in [0.15, 0.2) is 0 Å². The Balaban J connectivity index is 0.000000443. The van der Waals surface area contributed by atoms with Gasteiger partial charge in [-0.1, -0.05) is 64.2 Å². The SMILES string of the molecule is O=C(O)CCCC1CCCCC1.O=C(O)CCCC1CCCCC1.[Hg]. The number of hydrogen-bond donors (Lipinski definition) is 2. The van der Waals surface area contributed by atoms with Crippen molar-refractivity contribution in [1.82, 2.24) is 0 Å². The Kier molecular flexibility index (Phi) is 16.0. The third kappa shape index (κ3) is 14.7. The molecular weight excluding hydrogens is 505 g/mol. The van der Waals surface area contributed by atoms with Crippen LogP contribution >= 0.6 is 0 Å². The summed E-state index contributed by atoms with van der Waals surface area (Å²) in [4.78, 5) is 20.5. The van der Waals surface area contributed by atoms with Gasteiger partial charge in [0.1, 0.15) is 0 Å². The van der Waals surface area contributed by atoms with Crippen molar-refractivity contribution in [3.8, 4) is 0 Å². The normalized spacial score (nSPS) is 18.6. The van der Waals surface area contributed by atoms with Crippen molar-refractivity contribution in [3.63, 3.8) is 0 Å². The zero-order valence-electron chi connectivity index (χ0n) is 15.9. The molecule has 25 heavy (non-hydrogen) atoms. The smallest absolute Gasteiger partial charge is 0.303 e. The van der Waals surface area contributed by atoms with Crippen molar-refractivity contribution in [2.24, 2.45) is 11.8 Å². The van der Waals surface area contributed by atoms with Crippen LogP contribution in [0.25, 0.3) is 0 Å². The van der Waals surface area contributed by atoms with Gasteiger partial charge in [-0.15, -0.1) is 0 Å². The molecule has 0 aromatic rings. The summed E-state index contributed by atoms with van der Waals surface area (Å²) in [5.41, 5.74) is 0. The van der Waals surface area contributed by atoms with Crippen LogP contribution in [0.2, 0.25) is 0 Å². The first-order chi connectivity index (χ1) is 11.6. The zero-order valence-corrected chi connectivity index (χ0v) is 21.4. The van der Waals surface area contributed by atoms with Crippen molar-refractivity contribution < 1.29 is 47.5 Å². The summed E-state index contributed by atoms with van der Waals surface area (Å²) >= 11 is 0. The van der Waals surface area contributed by atoms with Gasteiger partial charge < -0.3 is 10.2 Å². The molecule has 0 atom stereocenters. The third-order valence-electron chi connectivity index (χ3n) is 5.46. The number of carboxylic acids is 2. The summed E-state index contributed by atoms with van der Waals surface area (Å²) in [6.07, 6.45) is 18.3. The predicted octanol–water partition coefficient (Wildman–Crippen LogP) is 5.64. The Morgan fingerprint density at radius 1 is 0.640 bits per heavy atom. The molecule has 2 aliphatic carbocycles. The number of rotatable bonds is 8. The average Bonchev–Trinajstić information content (AvgIpc) is 2.57. The van der Waals surface area contributed by atoms with Crippen molar-refractivity contribution in [1.29, 1.82) is 0 Å². The van der Waals surface area contributed by atoms with E-state index in [4.69, 9.17) is 10.2 Å². The first-order valence-corrected chi connectivity index (χ1v) is 10.0. The van der Waals surface area contributed by atoms with E-state index in [0.717, 1.165) is 37.5 Å². The van der Waals surface area contributed by atoms with Gasteiger partial charge in [0.25, 0.3) is 0 Å². The molecular formula is C20H36HgO4. The molecule has 2 rings (SSSR count). The standard InChI is InChI=1S/2C10H18O2.Hg/c2*11-10(12)8-4-7-9-5-2-1-3-6-9;/h2*9H,1-8H2,(H,11,12);. The molecule has 0 spiro atoms. The largest absolute Gasteiger partial charge is 0.481 e.